The van der Waals surface area contributed by atoms with Crippen LogP contribution in [0.1, 0.15) is 17.4 Å². The summed E-state index contributed by atoms with van der Waals surface area (Å²) in [7, 11) is 0. The van der Waals surface area contributed by atoms with Crippen molar-refractivity contribution in [2.75, 3.05) is 0 Å². The van der Waals surface area contributed by atoms with Crippen molar-refractivity contribution in [1.82, 2.24) is 10.4 Å². The maximum absolute atomic E-state index is 13.0. The highest BCUT2D eigenvalue weighted by molar-refractivity contribution is 5.17. The topological polar surface area (TPSA) is 64.1 Å². The van der Waals surface area contributed by atoms with E-state index in [0.717, 1.165) is 12.0 Å². The van der Waals surface area contributed by atoms with Crippen LogP contribution in [0, 0.1) is 5.82 Å². The molecule has 0 spiro atoms. The average molecular weight is 221 g/mol. The number of rotatable bonds is 4. The Hall–Kier alpha value is -1.72. The molecule has 16 heavy (non-hydrogen) atoms. The van der Waals surface area contributed by atoms with Crippen molar-refractivity contribution in [3.05, 3.63) is 54.0 Å². The van der Waals surface area contributed by atoms with Crippen LogP contribution >= 0.6 is 0 Å². The van der Waals surface area contributed by atoms with Crippen LogP contribution in [0.4, 0.5) is 4.39 Å². The summed E-state index contributed by atoms with van der Waals surface area (Å²) in [6.07, 6.45) is 4.88. The second-order valence-corrected chi connectivity index (χ2v) is 3.44. The number of halogens is 1. The van der Waals surface area contributed by atoms with Crippen molar-refractivity contribution in [2.24, 2.45) is 5.84 Å². The van der Waals surface area contributed by atoms with Crippen molar-refractivity contribution in [3.63, 3.8) is 0 Å². The molecule has 2 aromatic heterocycles. The molecule has 3 N–H and O–H groups in total. The predicted molar refractivity (Wildman–Crippen MR) is 56.7 cm³/mol. The van der Waals surface area contributed by atoms with E-state index in [2.05, 4.69) is 10.4 Å². The Labute approximate surface area is 92.3 Å². The van der Waals surface area contributed by atoms with Gasteiger partial charge in [-0.25, -0.2) is 4.39 Å². The number of nitrogens with zero attached hydrogens (tertiary/aromatic N) is 1. The molecule has 0 saturated carbocycles. The molecular weight excluding hydrogens is 209 g/mol. The Balaban J connectivity index is 2.16. The van der Waals surface area contributed by atoms with Gasteiger partial charge in [-0.2, -0.15) is 0 Å². The lowest BCUT2D eigenvalue weighted by Gasteiger charge is -2.14. The number of pyridine rings is 1. The molecule has 5 heteroatoms. The van der Waals surface area contributed by atoms with Crippen molar-refractivity contribution in [1.29, 1.82) is 0 Å². The second kappa shape index (κ2) is 4.87. The minimum Gasteiger partial charge on any atom is -0.469 e. The summed E-state index contributed by atoms with van der Waals surface area (Å²) in [4.78, 5) is 3.78. The SMILES string of the molecule is NNC(Cc1ccco1)c1cncc(F)c1. The Bertz CT molecular complexity index is 444. The van der Waals surface area contributed by atoms with E-state index in [-0.39, 0.29) is 11.9 Å². The summed E-state index contributed by atoms with van der Waals surface area (Å²) < 4.78 is 18.2. The van der Waals surface area contributed by atoms with E-state index < -0.39 is 0 Å². The minimum atomic E-state index is -0.378. The van der Waals surface area contributed by atoms with Crippen molar-refractivity contribution in [3.8, 4) is 0 Å². The standard InChI is InChI=1S/C11H12FN3O/c12-9-4-8(6-14-7-9)11(15-13)5-10-2-1-3-16-10/h1-4,6-7,11,15H,5,13H2. The molecule has 2 heterocycles. The van der Waals surface area contributed by atoms with Gasteiger partial charge in [0.2, 0.25) is 0 Å². The third-order valence-electron chi connectivity index (χ3n) is 2.31. The van der Waals surface area contributed by atoms with Crippen molar-refractivity contribution < 1.29 is 8.81 Å². The average Bonchev–Trinajstić information content (AvgIpc) is 2.78. The van der Waals surface area contributed by atoms with Crippen LogP contribution in [-0.2, 0) is 6.42 Å². The summed E-state index contributed by atoms with van der Waals surface area (Å²) in [6.45, 7) is 0. The maximum Gasteiger partial charge on any atom is 0.141 e. The van der Waals surface area contributed by atoms with E-state index >= 15 is 0 Å². The van der Waals surface area contributed by atoms with Gasteiger partial charge in [0.15, 0.2) is 0 Å². The third-order valence-corrected chi connectivity index (χ3v) is 2.31. The summed E-state index contributed by atoms with van der Waals surface area (Å²) in [5.41, 5.74) is 3.31. The Morgan fingerprint density at radius 2 is 2.38 bits per heavy atom. The molecule has 0 aliphatic rings. The lowest BCUT2D eigenvalue weighted by Crippen LogP contribution is -2.29. The van der Waals surface area contributed by atoms with E-state index in [1.807, 2.05) is 6.07 Å². The summed E-state index contributed by atoms with van der Waals surface area (Å²) in [5.74, 6) is 5.84. The molecule has 0 saturated heterocycles. The second-order valence-electron chi connectivity index (χ2n) is 3.44. The van der Waals surface area contributed by atoms with E-state index in [0.29, 0.717) is 12.0 Å². The van der Waals surface area contributed by atoms with Crippen LogP contribution in [0.15, 0.2) is 41.3 Å². The summed E-state index contributed by atoms with van der Waals surface area (Å²) in [5, 5.41) is 0. The Morgan fingerprint density at radius 3 is 3.00 bits per heavy atom. The zero-order valence-electron chi connectivity index (χ0n) is 8.56. The lowest BCUT2D eigenvalue weighted by atomic mass is 10.1. The molecule has 4 nitrogen and oxygen atoms in total. The zero-order valence-corrected chi connectivity index (χ0v) is 8.56. The van der Waals surface area contributed by atoms with Gasteiger partial charge in [0, 0.05) is 12.6 Å². The fourth-order valence-corrected chi connectivity index (χ4v) is 1.52. The zero-order chi connectivity index (χ0) is 11.4. The van der Waals surface area contributed by atoms with Gasteiger partial charge in [0.1, 0.15) is 11.6 Å². The number of nitrogens with one attached hydrogen (secondary N) is 1. The van der Waals surface area contributed by atoms with E-state index in [4.69, 9.17) is 10.3 Å². The number of hydrazine groups is 1. The first-order valence-electron chi connectivity index (χ1n) is 4.88. The van der Waals surface area contributed by atoms with E-state index in [1.54, 1.807) is 18.5 Å². The predicted octanol–water partition coefficient (Wildman–Crippen LogP) is 1.56. The van der Waals surface area contributed by atoms with Crippen LogP contribution in [0.25, 0.3) is 0 Å². The van der Waals surface area contributed by atoms with Gasteiger partial charge in [-0.05, 0) is 23.8 Å². The summed E-state index contributed by atoms with van der Waals surface area (Å²) >= 11 is 0. The van der Waals surface area contributed by atoms with Crippen LogP contribution in [0.3, 0.4) is 0 Å². The molecule has 1 unspecified atom stereocenters. The fraction of sp³-hybridized carbons (Fsp3) is 0.182. The molecule has 0 aliphatic carbocycles. The molecule has 0 fully saturated rings. The highest BCUT2D eigenvalue weighted by Gasteiger charge is 2.13. The van der Waals surface area contributed by atoms with Crippen LogP contribution in [0.5, 0.6) is 0 Å². The quantitative estimate of drug-likeness (QED) is 0.607. The van der Waals surface area contributed by atoms with Crippen LogP contribution in [0.2, 0.25) is 0 Å². The van der Waals surface area contributed by atoms with Gasteiger partial charge in [0.05, 0.1) is 18.5 Å². The maximum atomic E-state index is 13.0. The van der Waals surface area contributed by atoms with Crippen LogP contribution < -0.4 is 11.3 Å². The first-order valence-corrected chi connectivity index (χ1v) is 4.88. The van der Waals surface area contributed by atoms with Crippen molar-refractivity contribution >= 4 is 0 Å². The number of furan rings is 1. The molecule has 2 rings (SSSR count). The van der Waals surface area contributed by atoms with Gasteiger partial charge in [-0.1, -0.05) is 0 Å². The molecule has 84 valence electrons. The summed E-state index contributed by atoms with van der Waals surface area (Å²) in [6, 6.07) is 4.83. The number of aromatic nitrogens is 1. The largest absolute Gasteiger partial charge is 0.469 e. The van der Waals surface area contributed by atoms with Crippen LogP contribution in [-0.4, -0.2) is 4.98 Å². The van der Waals surface area contributed by atoms with E-state index in [9.17, 15) is 4.39 Å². The first kappa shape index (κ1) is 10.8. The molecule has 0 bridgehead atoms. The molecule has 0 radical (unpaired) electrons. The molecule has 1 atom stereocenters. The van der Waals surface area contributed by atoms with Crippen molar-refractivity contribution in [2.45, 2.75) is 12.5 Å². The first-order chi connectivity index (χ1) is 7.79. The van der Waals surface area contributed by atoms with E-state index in [1.165, 1.54) is 6.07 Å². The van der Waals surface area contributed by atoms with Gasteiger partial charge >= 0.3 is 0 Å². The highest BCUT2D eigenvalue weighted by atomic mass is 19.1. The molecular formula is C11H12FN3O. The third kappa shape index (κ3) is 2.44. The lowest BCUT2D eigenvalue weighted by molar-refractivity contribution is 0.452. The van der Waals surface area contributed by atoms with Gasteiger partial charge < -0.3 is 4.42 Å². The molecule has 0 aromatic carbocycles. The normalized spacial score (nSPS) is 12.6. The fourth-order valence-electron chi connectivity index (χ4n) is 1.52. The number of hydrogen-bond acceptors (Lipinski definition) is 4. The van der Waals surface area contributed by atoms with Gasteiger partial charge in [0.25, 0.3) is 0 Å². The molecule has 2 aromatic rings. The Morgan fingerprint density at radius 1 is 1.50 bits per heavy atom. The van der Waals surface area contributed by atoms with Gasteiger partial charge in [-0.3, -0.25) is 16.3 Å². The smallest absolute Gasteiger partial charge is 0.141 e. The number of nitrogens with two attached hydrogens (primary N) is 1. The molecule has 0 aliphatic heterocycles. The highest BCUT2D eigenvalue weighted by Crippen LogP contribution is 2.17. The minimum absolute atomic E-state index is 0.214. The Kier molecular flexibility index (Phi) is 3.28. The molecule has 0 amide bonds. The van der Waals surface area contributed by atoms with Gasteiger partial charge in [-0.15, -0.1) is 0 Å². The monoisotopic (exact) mass is 221 g/mol. The number of hydrogen-bond donors (Lipinski definition) is 2.